The number of hydrogen-bond donors (Lipinski definition) is 19. The van der Waals surface area contributed by atoms with Gasteiger partial charge < -0.3 is 30.6 Å². The van der Waals surface area contributed by atoms with E-state index >= 15 is 0 Å². The molecule has 0 bridgehead atoms. The number of rotatable bonds is 0. The van der Waals surface area contributed by atoms with Crippen molar-refractivity contribution in [2.45, 2.75) is 33.1 Å². The predicted octanol–water partition coefficient (Wildman–Crippen LogP) is 3.28. The lowest BCUT2D eigenvalue weighted by Crippen LogP contribution is -2.49. The van der Waals surface area contributed by atoms with E-state index < -0.39 is 11.4 Å². The van der Waals surface area contributed by atoms with Crippen molar-refractivity contribution in [2.75, 3.05) is 0 Å². The summed E-state index contributed by atoms with van der Waals surface area (Å²) in [5.41, 5.74) is 8.00. The molecule has 2 amide bonds. The van der Waals surface area contributed by atoms with Crippen LogP contribution in [-0.2, 0) is 9.59 Å². The molecule has 0 saturated carbocycles. The summed E-state index contributed by atoms with van der Waals surface area (Å²) < 4.78 is 3.70. The van der Waals surface area contributed by atoms with Gasteiger partial charge in [-0.3, -0.25) is 85.4 Å². The molecule has 2 fully saturated rings. The van der Waals surface area contributed by atoms with Crippen LogP contribution in [0.3, 0.4) is 0 Å². The molecule has 77 heavy (non-hydrogen) atoms. The normalized spacial score (nSPS) is 12.2. The number of fused-ring (bicyclic) bond motifs is 1. The fourth-order valence-corrected chi connectivity index (χ4v) is 7.73. The third-order valence-corrected chi connectivity index (χ3v) is 10.8. The van der Waals surface area contributed by atoms with Crippen LogP contribution in [0.1, 0.15) is 30.7 Å². The van der Waals surface area contributed by atoms with Crippen molar-refractivity contribution in [3.8, 4) is 0 Å². The number of para-hydroxylation sites is 1. The monoisotopic (exact) mass is 1290 g/mol. The summed E-state index contributed by atoms with van der Waals surface area (Å²) in [6.45, 7) is 3.38. The number of aryl methyl sites for hydroxylation is 2. The number of hydrazone groups is 1. The molecule has 0 spiro atoms. The number of nitrogens with zero attached hydrogens (tertiary/aromatic N) is 2. The Hall–Kier alpha value is -6.84. The minimum atomic E-state index is -0.594. The van der Waals surface area contributed by atoms with Gasteiger partial charge in [-0.1, -0.05) is 48.8 Å². The summed E-state index contributed by atoms with van der Waals surface area (Å²) in [4.78, 5) is 117. The minimum Gasteiger partial charge on any atom is -0.337 e. The topological polar surface area (TPSA) is 443 Å². The van der Waals surface area contributed by atoms with Gasteiger partial charge in [0.2, 0.25) is 11.8 Å². The van der Waals surface area contributed by atoms with Crippen LogP contribution in [0.2, 0.25) is 0 Å². The van der Waals surface area contributed by atoms with Gasteiger partial charge in [0.05, 0.1) is 16.6 Å². The van der Waals surface area contributed by atoms with E-state index in [4.69, 9.17) is 36.7 Å². The average Bonchev–Trinajstić information content (AvgIpc) is 4.04. The molecule has 9 heterocycles. The number of thiocarbonyl (C=S) groups is 4. The number of H-pyrrole nitrogens is 14. The lowest BCUT2D eigenvalue weighted by Gasteiger charge is -2.12. The molecule has 0 radical (unpaired) electrons. The van der Waals surface area contributed by atoms with Crippen LogP contribution in [0.4, 0.5) is 0 Å². The van der Waals surface area contributed by atoms with E-state index in [1.807, 2.05) is 23.2 Å². The number of hydrogen-bond acceptors (Lipinski definition) is 23. The van der Waals surface area contributed by atoms with Gasteiger partial charge in [0, 0.05) is 24.4 Å². The van der Waals surface area contributed by atoms with Crippen LogP contribution in [-0.4, -0.2) is 113 Å². The second kappa shape index (κ2) is 34.7. The van der Waals surface area contributed by atoms with Crippen molar-refractivity contribution >= 4 is 206 Å². The van der Waals surface area contributed by atoms with E-state index in [0.29, 0.717) is 16.9 Å². The number of aromatic nitrogens is 15. The zero-order valence-corrected chi connectivity index (χ0v) is 49.2. The molecule has 42 heteroatoms. The summed E-state index contributed by atoms with van der Waals surface area (Å²) in [7, 11) is 0. The summed E-state index contributed by atoms with van der Waals surface area (Å²) in [6.07, 6.45) is 3.16. The zero-order chi connectivity index (χ0) is 57.8. The predicted molar refractivity (Wildman–Crippen MR) is 325 cm³/mol. The highest BCUT2D eigenvalue weighted by Gasteiger charge is 2.17. The highest BCUT2D eigenvalue weighted by Crippen LogP contribution is 2.17. The molecule has 29 nitrogen and oxygen atoms in total. The van der Waals surface area contributed by atoms with E-state index in [2.05, 4.69) is 218 Å². The second-order valence-electron chi connectivity index (χ2n) is 13.4. The molecule has 10 rings (SSSR count). The molecular weight excluding hydrogens is 1260 g/mol. The van der Waals surface area contributed by atoms with E-state index in [-0.39, 0.29) is 74.5 Å². The van der Waals surface area contributed by atoms with Crippen molar-refractivity contribution in [1.29, 1.82) is 0 Å². The Morgan fingerprint density at radius 1 is 0.494 bits per heavy atom. The van der Waals surface area contributed by atoms with Gasteiger partial charge in [0.1, 0.15) is 27.1 Å². The Labute approximate surface area is 493 Å². The molecular formula is C35H37N21O8S13. The summed E-state index contributed by atoms with van der Waals surface area (Å²) in [5.74, 6) is -0.687. The van der Waals surface area contributed by atoms with Gasteiger partial charge in [-0.2, -0.15) is 10.2 Å². The van der Waals surface area contributed by atoms with Crippen molar-refractivity contribution < 1.29 is 9.59 Å². The van der Waals surface area contributed by atoms with Gasteiger partial charge in [0.25, 0.3) is 11.1 Å². The average molecular weight is 1300 g/mol. The van der Waals surface area contributed by atoms with Crippen LogP contribution >= 0.6 is 158 Å². The lowest BCUT2D eigenvalue weighted by molar-refractivity contribution is -0.129. The number of carbonyl (C=O) groups excluding carboxylic acids is 2. The fraction of sp³-hybridized carbons (Fsp3) is 0.143. The van der Waals surface area contributed by atoms with Crippen molar-refractivity contribution in [3.05, 3.63) is 142 Å². The first-order chi connectivity index (χ1) is 36.1. The molecule has 19 N–H and O–H groups in total. The number of hydrazine groups is 1. The van der Waals surface area contributed by atoms with Crippen LogP contribution in [0, 0.1) is 51.2 Å². The molecule has 1 aromatic carbocycles. The van der Waals surface area contributed by atoms with Crippen molar-refractivity contribution in [1.82, 2.24) is 102 Å². The maximum Gasteiger partial charge on any atom is 0.329 e. The van der Waals surface area contributed by atoms with Gasteiger partial charge >= 0.3 is 22.8 Å². The van der Waals surface area contributed by atoms with E-state index in [9.17, 15) is 38.4 Å². The SMILES string of the molecule is Cc1cc(=O)[nH]c(=S)[nH]1.Cc1n[nH]c(=S)[nH]c1=O.O=C1CC(=O)NC(=S)N1.O=c1[nH]c(=O)[nH]c(=S)[nH]1.O=c1[nH]c(=S)[nH]c(=S)[nH]1.O=c1[nH]c(=S)[nH]c(=S)[nH]1.S=C1CC(=S)NN1.S=C1CC=NN1.S=c1[nH]c2ccccc2s1. The molecule has 0 aliphatic carbocycles. The van der Waals surface area contributed by atoms with E-state index in [1.54, 1.807) is 31.4 Å². The first kappa shape index (κ1) is 66.3. The Kier molecular flexibility index (Phi) is 29.9. The highest BCUT2D eigenvalue weighted by atomic mass is 32.1. The van der Waals surface area contributed by atoms with Crippen molar-refractivity contribution in [2.24, 2.45) is 5.10 Å². The van der Waals surface area contributed by atoms with Gasteiger partial charge in [-0.05, 0) is 136 Å². The number of nitrogens with one attached hydrogen (secondary N) is 19. The second-order valence-corrected chi connectivity index (χ2v) is 19.9. The van der Waals surface area contributed by atoms with E-state index in [1.165, 1.54) is 10.8 Å². The van der Waals surface area contributed by atoms with Crippen LogP contribution < -0.4 is 60.8 Å². The first-order valence-corrected chi connectivity index (χ1v) is 25.7. The third-order valence-electron chi connectivity index (χ3n) is 7.19. The largest absolute Gasteiger partial charge is 0.337 e. The highest BCUT2D eigenvalue weighted by molar-refractivity contribution is 7.82. The minimum absolute atomic E-state index is 0.0313. The molecule has 0 atom stereocenters. The number of amides is 2. The maximum absolute atomic E-state index is 10.6. The lowest BCUT2D eigenvalue weighted by atomic mass is 10.3. The molecule has 2 saturated heterocycles. The molecule has 0 unspecified atom stereocenters. The Morgan fingerprint density at radius 2 is 0.961 bits per heavy atom. The Morgan fingerprint density at radius 3 is 1.30 bits per heavy atom. The zero-order valence-electron chi connectivity index (χ0n) is 38.6. The molecule has 3 aliphatic heterocycles. The third kappa shape index (κ3) is 30.5. The van der Waals surface area contributed by atoms with Gasteiger partial charge in [0.15, 0.2) is 42.5 Å². The summed E-state index contributed by atoms with van der Waals surface area (Å²) in [5, 5.41) is 14.3. The number of thiazole rings is 1. The van der Waals surface area contributed by atoms with Crippen molar-refractivity contribution in [3.63, 3.8) is 0 Å². The summed E-state index contributed by atoms with van der Waals surface area (Å²) >= 11 is 57.3. The Balaban J connectivity index is 0.000000297. The number of benzene rings is 1. The van der Waals surface area contributed by atoms with Crippen LogP contribution in [0.15, 0.2) is 64.2 Å². The quantitative estimate of drug-likeness (QED) is 0.0765. The molecule has 3 aliphatic rings. The standard InChI is InChI=1S/C7H5NS2.C5H6N2OS.C4H5N3OS.C4H4N2O2S.C3H3N3O2S.2C3H3N3OS2.C3H4N2S2.C3H4N2S/c9-7-8-5-3-1-2-4-6(5)10-7;1-3-2-4(8)7-5(9)6-3;1-2-3(8)5-4(9)7-6-2;7-2-1-3(8)6-4(9)5-2;3*7-1-4-2(8)6-3(9)5-1;6-2-1-3(7)5-4-2;6-3-1-2-4-5-3/h1-4H,(H,8,9);2H,1H3,(H2,6,7,8,9);1H3,(H2,5,7,8,9);1H2,(H2,5,6,7,8,9);3*(H3,4,5,6,7,8,9);1H2,(H,4,6)(H,5,7);2H,1H2,(H,5,6). The van der Waals surface area contributed by atoms with Gasteiger partial charge in [-0.25, -0.2) is 19.2 Å². The van der Waals surface area contributed by atoms with Crippen LogP contribution in [0.25, 0.3) is 10.2 Å². The number of aromatic amines is 14. The first-order valence-electron chi connectivity index (χ1n) is 20.0. The fourth-order valence-electron chi connectivity index (χ4n) is 4.29. The van der Waals surface area contributed by atoms with Gasteiger partial charge in [-0.15, -0.1) is 11.3 Å². The maximum atomic E-state index is 10.6. The molecule has 408 valence electrons. The summed E-state index contributed by atoms with van der Waals surface area (Å²) in [6, 6.07) is 9.56. The van der Waals surface area contributed by atoms with Crippen LogP contribution in [0.5, 0.6) is 0 Å². The Bertz CT molecular complexity index is 3600. The smallest absolute Gasteiger partial charge is 0.329 e. The molecule has 7 aromatic rings. The molecule has 6 aromatic heterocycles. The van der Waals surface area contributed by atoms with E-state index in [0.717, 1.165) is 36.6 Å². The number of carbonyl (C=O) groups is 2.